The Hall–Kier alpha value is -0.740. The van der Waals surface area contributed by atoms with Crippen LogP contribution in [0.4, 0.5) is 0 Å². The summed E-state index contributed by atoms with van der Waals surface area (Å²) in [5.41, 5.74) is 2.56. The molecule has 0 aromatic carbocycles. The Morgan fingerprint density at radius 2 is 2.54 bits per heavy atom. The molecule has 0 radical (unpaired) electrons. The molecular weight excluding hydrogens is 182 g/mol. The predicted octanol–water partition coefficient (Wildman–Crippen LogP) is 1.52. The maximum absolute atomic E-state index is 4.99. The Morgan fingerprint density at radius 1 is 1.69 bits per heavy atom. The third-order valence-corrected chi connectivity index (χ3v) is 2.72. The molecule has 0 saturated carbocycles. The van der Waals surface area contributed by atoms with Gasteiger partial charge in [-0.05, 0) is 30.7 Å². The van der Waals surface area contributed by atoms with Gasteiger partial charge >= 0.3 is 0 Å². The van der Waals surface area contributed by atoms with E-state index in [-0.39, 0.29) is 0 Å². The number of hydrogen-bond donors (Lipinski definition) is 1. The highest BCUT2D eigenvalue weighted by Gasteiger charge is 2.14. The molecule has 1 N–H and O–H groups in total. The molecular formula is C9H13N3S. The van der Waals surface area contributed by atoms with Gasteiger partial charge in [0.15, 0.2) is 4.77 Å². The lowest BCUT2D eigenvalue weighted by atomic mass is 10.1. The summed E-state index contributed by atoms with van der Waals surface area (Å²) in [6.45, 7) is 5.40. The largest absolute Gasteiger partial charge is 0.333 e. The van der Waals surface area contributed by atoms with Gasteiger partial charge < -0.3 is 4.98 Å². The molecule has 2 rings (SSSR count). The molecule has 0 spiro atoms. The molecule has 70 valence electrons. The van der Waals surface area contributed by atoms with E-state index in [1.165, 1.54) is 11.3 Å². The zero-order valence-electron chi connectivity index (χ0n) is 7.71. The first-order chi connectivity index (χ1) is 6.29. The highest BCUT2D eigenvalue weighted by atomic mass is 32.1. The van der Waals surface area contributed by atoms with Crippen LogP contribution in [0.3, 0.4) is 0 Å². The van der Waals surface area contributed by atoms with E-state index in [0.717, 1.165) is 26.1 Å². The highest BCUT2D eigenvalue weighted by Crippen LogP contribution is 2.14. The molecule has 3 nitrogen and oxygen atoms in total. The van der Waals surface area contributed by atoms with E-state index in [1.54, 1.807) is 0 Å². The van der Waals surface area contributed by atoms with E-state index in [1.807, 2.05) is 6.20 Å². The summed E-state index contributed by atoms with van der Waals surface area (Å²) in [6.07, 6.45) is 2.99. The second kappa shape index (κ2) is 3.55. The van der Waals surface area contributed by atoms with E-state index in [4.69, 9.17) is 12.2 Å². The zero-order valence-corrected chi connectivity index (χ0v) is 8.52. The summed E-state index contributed by atoms with van der Waals surface area (Å²) in [6, 6.07) is 0. The predicted molar refractivity (Wildman–Crippen MR) is 54.1 cm³/mol. The fourth-order valence-corrected chi connectivity index (χ4v) is 1.84. The van der Waals surface area contributed by atoms with Gasteiger partial charge in [0, 0.05) is 25.0 Å². The average Bonchev–Trinajstić information content (AvgIpc) is 2.16. The fourth-order valence-electron chi connectivity index (χ4n) is 1.66. The quantitative estimate of drug-likeness (QED) is 0.689. The van der Waals surface area contributed by atoms with E-state index in [2.05, 4.69) is 21.8 Å². The molecule has 1 aliphatic heterocycles. The molecule has 1 aliphatic rings. The third kappa shape index (κ3) is 1.78. The molecule has 0 amide bonds. The number of rotatable bonds is 1. The van der Waals surface area contributed by atoms with Crippen LogP contribution in [-0.2, 0) is 13.0 Å². The maximum Gasteiger partial charge on any atom is 0.196 e. The number of fused-ring (bicyclic) bond motifs is 1. The van der Waals surface area contributed by atoms with Crippen molar-refractivity contribution in [2.24, 2.45) is 0 Å². The normalized spacial score (nSPS) is 17.0. The van der Waals surface area contributed by atoms with Crippen molar-refractivity contribution in [2.45, 2.75) is 19.9 Å². The first kappa shape index (κ1) is 8.84. The van der Waals surface area contributed by atoms with Gasteiger partial charge in [-0.2, -0.15) is 0 Å². The molecule has 0 bridgehead atoms. The van der Waals surface area contributed by atoms with Crippen LogP contribution in [0.15, 0.2) is 6.20 Å². The Kier molecular flexibility index (Phi) is 2.42. The lowest BCUT2D eigenvalue weighted by molar-refractivity contribution is 0.263. The second-order valence-corrected chi connectivity index (χ2v) is 3.70. The monoisotopic (exact) mass is 195 g/mol. The van der Waals surface area contributed by atoms with Crippen molar-refractivity contribution in [3.63, 3.8) is 0 Å². The molecule has 4 heteroatoms. The van der Waals surface area contributed by atoms with Crippen molar-refractivity contribution in [1.82, 2.24) is 14.9 Å². The first-order valence-electron chi connectivity index (χ1n) is 4.59. The maximum atomic E-state index is 4.99. The number of nitrogens with zero attached hydrogens (tertiary/aromatic N) is 2. The van der Waals surface area contributed by atoms with Gasteiger partial charge in [-0.1, -0.05) is 6.92 Å². The minimum absolute atomic E-state index is 0.594. The van der Waals surface area contributed by atoms with E-state index >= 15 is 0 Å². The minimum Gasteiger partial charge on any atom is -0.333 e. The lowest BCUT2D eigenvalue weighted by Crippen LogP contribution is -2.31. The third-order valence-electron chi connectivity index (χ3n) is 2.51. The summed E-state index contributed by atoms with van der Waals surface area (Å²) in [5.74, 6) is 0. The topological polar surface area (TPSA) is 31.9 Å². The van der Waals surface area contributed by atoms with Crippen molar-refractivity contribution in [1.29, 1.82) is 0 Å². The van der Waals surface area contributed by atoms with E-state index < -0.39 is 0 Å². The lowest BCUT2D eigenvalue weighted by Gasteiger charge is -2.26. The fraction of sp³-hybridized carbons (Fsp3) is 0.556. The Balaban J connectivity index is 2.32. The minimum atomic E-state index is 0.594. The van der Waals surface area contributed by atoms with Crippen LogP contribution < -0.4 is 0 Å². The van der Waals surface area contributed by atoms with Gasteiger partial charge in [0.1, 0.15) is 0 Å². The molecule has 0 atom stereocenters. The van der Waals surface area contributed by atoms with E-state index in [9.17, 15) is 0 Å². The van der Waals surface area contributed by atoms with Crippen LogP contribution in [0.1, 0.15) is 18.2 Å². The van der Waals surface area contributed by atoms with Crippen LogP contribution in [0, 0.1) is 4.77 Å². The van der Waals surface area contributed by atoms with Crippen molar-refractivity contribution < 1.29 is 0 Å². The van der Waals surface area contributed by atoms with Crippen LogP contribution in [0.25, 0.3) is 0 Å². The molecule has 13 heavy (non-hydrogen) atoms. The number of H-pyrrole nitrogens is 1. The Labute approximate surface area is 82.8 Å². The van der Waals surface area contributed by atoms with Gasteiger partial charge in [-0.15, -0.1) is 0 Å². The number of likely N-dealkylation sites (N-methyl/N-ethyl adjacent to an activating group) is 1. The van der Waals surface area contributed by atoms with Crippen LogP contribution >= 0.6 is 12.2 Å². The van der Waals surface area contributed by atoms with Gasteiger partial charge in [0.05, 0.1) is 0 Å². The molecule has 0 unspecified atom stereocenters. The summed E-state index contributed by atoms with van der Waals surface area (Å²) < 4.78 is 0.594. The van der Waals surface area contributed by atoms with Gasteiger partial charge in [0.2, 0.25) is 0 Å². The van der Waals surface area contributed by atoms with Crippen LogP contribution in [0.2, 0.25) is 0 Å². The van der Waals surface area contributed by atoms with Crippen molar-refractivity contribution >= 4 is 12.2 Å². The van der Waals surface area contributed by atoms with Crippen molar-refractivity contribution in [3.8, 4) is 0 Å². The SMILES string of the molecule is CCN1CCc2cnc(=S)[nH]c2C1. The molecule has 1 aromatic rings. The number of aromatic amines is 1. The molecule has 0 aliphatic carbocycles. The summed E-state index contributed by atoms with van der Waals surface area (Å²) in [4.78, 5) is 9.63. The average molecular weight is 195 g/mol. The van der Waals surface area contributed by atoms with Crippen molar-refractivity contribution in [2.75, 3.05) is 13.1 Å². The summed E-state index contributed by atoms with van der Waals surface area (Å²) >= 11 is 4.99. The summed E-state index contributed by atoms with van der Waals surface area (Å²) in [7, 11) is 0. The Morgan fingerprint density at radius 3 is 3.31 bits per heavy atom. The van der Waals surface area contributed by atoms with Gasteiger partial charge in [0.25, 0.3) is 0 Å². The molecule has 0 fully saturated rings. The van der Waals surface area contributed by atoms with Crippen LogP contribution in [-0.4, -0.2) is 28.0 Å². The van der Waals surface area contributed by atoms with Gasteiger partial charge in [-0.25, -0.2) is 4.98 Å². The zero-order chi connectivity index (χ0) is 9.26. The first-order valence-corrected chi connectivity index (χ1v) is 5.00. The highest BCUT2D eigenvalue weighted by molar-refractivity contribution is 7.71. The molecule has 2 heterocycles. The number of nitrogens with one attached hydrogen (secondary N) is 1. The summed E-state index contributed by atoms with van der Waals surface area (Å²) in [5, 5.41) is 0. The molecule has 0 saturated heterocycles. The number of aromatic nitrogens is 2. The smallest absolute Gasteiger partial charge is 0.196 e. The number of hydrogen-bond acceptors (Lipinski definition) is 3. The van der Waals surface area contributed by atoms with Crippen LogP contribution in [0.5, 0.6) is 0 Å². The van der Waals surface area contributed by atoms with Crippen molar-refractivity contribution in [3.05, 3.63) is 22.2 Å². The molecule has 1 aromatic heterocycles. The van der Waals surface area contributed by atoms with E-state index in [0.29, 0.717) is 4.77 Å². The van der Waals surface area contributed by atoms with Gasteiger partial charge in [-0.3, -0.25) is 4.90 Å². The Bertz CT molecular complexity index is 358. The second-order valence-electron chi connectivity index (χ2n) is 3.31. The standard InChI is InChI=1S/C9H13N3S/c1-2-12-4-3-7-5-10-9(13)11-8(7)6-12/h5H,2-4,6H2,1H3,(H,10,11,13).